The lowest BCUT2D eigenvalue weighted by atomic mass is 10.3. The third-order valence-electron chi connectivity index (χ3n) is 3.64. The zero-order valence-corrected chi connectivity index (χ0v) is 13.7. The molecule has 0 bridgehead atoms. The summed E-state index contributed by atoms with van der Waals surface area (Å²) in [5, 5.41) is 0.0413. The van der Waals surface area contributed by atoms with Crippen molar-refractivity contribution < 1.29 is 14.3 Å². The molecule has 0 aliphatic carbocycles. The van der Waals surface area contributed by atoms with Crippen molar-refractivity contribution >= 4 is 17.7 Å². The van der Waals surface area contributed by atoms with Gasteiger partial charge in [0.15, 0.2) is 0 Å². The molecule has 1 atom stereocenters. The molecule has 1 aromatic heterocycles. The summed E-state index contributed by atoms with van der Waals surface area (Å²) in [4.78, 5) is 21.3. The van der Waals surface area contributed by atoms with Crippen LogP contribution in [-0.2, 0) is 11.2 Å². The maximum atomic E-state index is 12.4. The number of benzene rings is 1. The number of carbonyl (C=O) groups is 1. The van der Waals surface area contributed by atoms with Gasteiger partial charge in [0.2, 0.25) is 5.91 Å². The van der Waals surface area contributed by atoms with E-state index in [-0.39, 0.29) is 11.3 Å². The van der Waals surface area contributed by atoms with E-state index in [1.54, 1.807) is 31.3 Å². The van der Waals surface area contributed by atoms with Crippen molar-refractivity contribution in [1.82, 2.24) is 14.9 Å². The van der Waals surface area contributed by atoms with Crippen LogP contribution in [0.5, 0.6) is 11.5 Å². The molecule has 1 N–H and O–H groups in total. The number of methoxy groups -OCH3 is 1. The average Bonchev–Trinajstić information content (AvgIpc) is 3.24. The number of rotatable bonds is 6. The first kappa shape index (κ1) is 15.7. The molecule has 6 nitrogen and oxygen atoms in total. The first-order valence-electron chi connectivity index (χ1n) is 7.42. The second-order valence-electron chi connectivity index (χ2n) is 5.11. The Hall–Kier alpha value is -2.15. The van der Waals surface area contributed by atoms with Crippen LogP contribution in [-0.4, -0.2) is 52.2 Å². The minimum Gasteiger partial charge on any atom is -0.497 e. The Morgan fingerprint density at radius 3 is 2.87 bits per heavy atom. The third-order valence-corrected chi connectivity index (χ3v) is 4.83. The Balaban J connectivity index is 1.54. The fourth-order valence-corrected chi connectivity index (χ4v) is 3.56. The second kappa shape index (κ2) is 7.41. The largest absolute Gasteiger partial charge is 0.497 e. The highest BCUT2D eigenvalue weighted by molar-refractivity contribution is 8.00. The number of hydrogen-bond donors (Lipinski definition) is 1. The van der Waals surface area contributed by atoms with E-state index >= 15 is 0 Å². The number of imidazole rings is 1. The van der Waals surface area contributed by atoms with Gasteiger partial charge in [0, 0.05) is 24.7 Å². The SMILES string of the molecule is COc1ccc(OCC2SCCN2C(=O)Cc2ncc[nH]2)cc1. The molecule has 2 aromatic rings. The van der Waals surface area contributed by atoms with Crippen LogP contribution in [0, 0.1) is 0 Å². The predicted octanol–water partition coefficient (Wildman–Crippen LogP) is 1.94. The van der Waals surface area contributed by atoms with Gasteiger partial charge in [-0.05, 0) is 24.3 Å². The van der Waals surface area contributed by atoms with E-state index in [4.69, 9.17) is 9.47 Å². The van der Waals surface area contributed by atoms with Crippen LogP contribution in [0.15, 0.2) is 36.7 Å². The van der Waals surface area contributed by atoms with Crippen molar-refractivity contribution in [3.8, 4) is 11.5 Å². The topological polar surface area (TPSA) is 67.5 Å². The Bertz CT molecular complexity index is 631. The number of thioether (sulfide) groups is 1. The third kappa shape index (κ3) is 3.98. The quantitative estimate of drug-likeness (QED) is 0.875. The Morgan fingerprint density at radius 1 is 1.39 bits per heavy atom. The van der Waals surface area contributed by atoms with Crippen LogP contribution in [0.4, 0.5) is 0 Å². The van der Waals surface area contributed by atoms with E-state index in [0.717, 1.165) is 23.8 Å². The molecule has 1 amide bonds. The highest BCUT2D eigenvalue weighted by Crippen LogP contribution is 2.26. The minimum atomic E-state index is 0.0413. The van der Waals surface area contributed by atoms with Crippen LogP contribution < -0.4 is 9.47 Å². The van der Waals surface area contributed by atoms with E-state index in [0.29, 0.717) is 18.9 Å². The fourth-order valence-electron chi connectivity index (χ4n) is 2.42. The van der Waals surface area contributed by atoms with Crippen molar-refractivity contribution in [3.05, 3.63) is 42.5 Å². The number of aromatic amines is 1. The molecule has 1 saturated heterocycles. The zero-order chi connectivity index (χ0) is 16.1. The Kier molecular flexibility index (Phi) is 5.07. The summed E-state index contributed by atoms with van der Waals surface area (Å²) in [7, 11) is 1.63. The summed E-state index contributed by atoms with van der Waals surface area (Å²) >= 11 is 1.74. The number of carbonyl (C=O) groups excluding carboxylic acids is 1. The van der Waals surface area contributed by atoms with E-state index in [9.17, 15) is 4.79 Å². The van der Waals surface area contributed by atoms with Gasteiger partial charge in [0.05, 0.1) is 13.5 Å². The van der Waals surface area contributed by atoms with Crippen LogP contribution in [0.2, 0.25) is 0 Å². The van der Waals surface area contributed by atoms with Crippen molar-refractivity contribution in [2.75, 3.05) is 26.0 Å². The number of aromatic nitrogens is 2. The van der Waals surface area contributed by atoms with Crippen LogP contribution >= 0.6 is 11.8 Å². The lowest BCUT2D eigenvalue weighted by molar-refractivity contribution is -0.131. The molecule has 1 unspecified atom stereocenters. The summed E-state index contributed by atoms with van der Waals surface area (Å²) in [5.41, 5.74) is 0. The van der Waals surface area contributed by atoms with Crippen LogP contribution in [0.3, 0.4) is 0 Å². The predicted molar refractivity (Wildman–Crippen MR) is 88.7 cm³/mol. The average molecular weight is 333 g/mol. The second-order valence-corrected chi connectivity index (χ2v) is 6.40. The summed E-state index contributed by atoms with van der Waals surface area (Å²) < 4.78 is 10.9. The van der Waals surface area contributed by atoms with Gasteiger partial charge in [-0.15, -0.1) is 11.8 Å². The van der Waals surface area contributed by atoms with Gasteiger partial charge in [-0.2, -0.15) is 0 Å². The summed E-state index contributed by atoms with van der Waals surface area (Å²) in [6.45, 7) is 1.22. The maximum absolute atomic E-state index is 12.4. The summed E-state index contributed by atoms with van der Waals surface area (Å²) in [5.74, 6) is 3.27. The summed E-state index contributed by atoms with van der Waals surface area (Å²) in [6, 6.07) is 7.45. The highest BCUT2D eigenvalue weighted by atomic mass is 32.2. The number of amides is 1. The first-order valence-corrected chi connectivity index (χ1v) is 8.47. The van der Waals surface area contributed by atoms with Gasteiger partial charge in [0.25, 0.3) is 0 Å². The van der Waals surface area contributed by atoms with Crippen molar-refractivity contribution in [2.24, 2.45) is 0 Å². The lowest BCUT2D eigenvalue weighted by Gasteiger charge is -2.23. The molecule has 23 heavy (non-hydrogen) atoms. The van der Waals surface area contributed by atoms with Gasteiger partial charge < -0.3 is 19.4 Å². The monoisotopic (exact) mass is 333 g/mol. The van der Waals surface area contributed by atoms with Crippen molar-refractivity contribution in [1.29, 1.82) is 0 Å². The normalized spacial score (nSPS) is 17.3. The lowest BCUT2D eigenvalue weighted by Crippen LogP contribution is -2.39. The van der Waals surface area contributed by atoms with Gasteiger partial charge in [0.1, 0.15) is 29.3 Å². The zero-order valence-electron chi connectivity index (χ0n) is 12.9. The van der Waals surface area contributed by atoms with E-state index < -0.39 is 0 Å². The Labute approximate surface area is 139 Å². The number of nitrogens with one attached hydrogen (secondary N) is 1. The first-order chi connectivity index (χ1) is 11.3. The molecule has 1 aliphatic rings. The van der Waals surface area contributed by atoms with E-state index in [2.05, 4.69) is 9.97 Å². The van der Waals surface area contributed by atoms with Crippen LogP contribution in [0.1, 0.15) is 5.82 Å². The summed E-state index contributed by atoms with van der Waals surface area (Å²) in [6.07, 6.45) is 3.68. The maximum Gasteiger partial charge on any atom is 0.231 e. The molecule has 122 valence electrons. The molecule has 0 radical (unpaired) electrons. The molecule has 0 spiro atoms. The minimum absolute atomic E-state index is 0.0413. The van der Waals surface area contributed by atoms with E-state index in [1.165, 1.54) is 0 Å². The Morgan fingerprint density at radius 2 is 2.17 bits per heavy atom. The van der Waals surface area contributed by atoms with Crippen LogP contribution in [0.25, 0.3) is 0 Å². The van der Waals surface area contributed by atoms with Crippen molar-refractivity contribution in [3.63, 3.8) is 0 Å². The molecule has 1 aliphatic heterocycles. The number of hydrogen-bond acceptors (Lipinski definition) is 5. The van der Waals surface area contributed by atoms with Gasteiger partial charge in [-0.3, -0.25) is 4.79 Å². The molecular formula is C16H19N3O3S. The molecule has 0 saturated carbocycles. The number of H-pyrrole nitrogens is 1. The molecule has 1 aromatic carbocycles. The van der Waals surface area contributed by atoms with Gasteiger partial charge >= 0.3 is 0 Å². The highest BCUT2D eigenvalue weighted by Gasteiger charge is 2.30. The van der Waals surface area contributed by atoms with Crippen molar-refractivity contribution in [2.45, 2.75) is 11.8 Å². The molecule has 7 heteroatoms. The van der Waals surface area contributed by atoms with Gasteiger partial charge in [-0.25, -0.2) is 4.98 Å². The number of ether oxygens (including phenoxy) is 2. The molecule has 2 heterocycles. The smallest absolute Gasteiger partial charge is 0.231 e. The molecule has 1 fully saturated rings. The standard InChI is InChI=1S/C16H19N3O3S/c1-21-12-2-4-13(5-3-12)22-11-16-19(8-9-23-16)15(20)10-14-17-6-7-18-14/h2-7,16H,8-11H2,1H3,(H,17,18). The number of nitrogens with zero attached hydrogens (tertiary/aromatic N) is 2. The molecular weight excluding hydrogens is 314 g/mol. The van der Waals surface area contributed by atoms with Gasteiger partial charge in [-0.1, -0.05) is 0 Å². The van der Waals surface area contributed by atoms with E-state index in [1.807, 2.05) is 29.2 Å². The fraction of sp³-hybridized carbons (Fsp3) is 0.375. The molecule has 3 rings (SSSR count).